The van der Waals surface area contributed by atoms with Gasteiger partial charge in [0.15, 0.2) is 0 Å². The van der Waals surface area contributed by atoms with Crippen molar-refractivity contribution in [2.24, 2.45) is 5.92 Å². The van der Waals surface area contributed by atoms with Crippen molar-refractivity contribution in [3.8, 4) is 0 Å². The maximum atomic E-state index is 3.52. The molecule has 0 aliphatic carbocycles. The zero-order chi connectivity index (χ0) is 11.2. The lowest BCUT2D eigenvalue weighted by atomic mass is 10.1. The summed E-state index contributed by atoms with van der Waals surface area (Å²) in [6.45, 7) is 18.0. The fraction of sp³-hybridized carbons (Fsp3) is 1.00. The topological polar surface area (TPSA) is 15.3 Å². The molecule has 0 saturated carbocycles. The van der Waals surface area contributed by atoms with Crippen LogP contribution in [0.15, 0.2) is 0 Å². The van der Waals surface area contributed by atoms with Crippen LogP contribution in [0.4, 0.5) is 0 Å². The quantitative estimate of drug-likeness (QED) is 0.708. The zero-order valence-electron chi connectivity index (χ0n) is 10.9. The van der Waals surface area contributed by atoms with Gasteiger partial charge < -0.3 is 10.2 Å². The van der Waals surface area contributed by atoms with Gasteiger partial charge in [-0.15, -0.1) is 0 Å². The average molecular weight is 200 g/mol. The second-order valence-electron chi connectivity index (χ2n) is 5.46. The van der Waals surface area contributed by atoms with Crippen LogP contribution in [0.2, 0.25) is 0 Å². The van der Waals surface area contributed by atoms with Gasteiger partial charge in [-0.3, -0.25) is 0 Å². The summed E-state index contributed by atoms with van der Waals surface area (Å²) in [6, 6.07) is 0. The van der Waals surface area contributed by atoms with E-state index < -0.39 is 0 Å². The van der Waals surface area contributed by atoms with E-state index in [0.717, 1.165) is 25.6 Å². The average Bonchev–Trinajstić information content (AvgIpc) is 1.99. The van der Waals surface area contributed by atoms with Gasteiger partial charge in [-0.2, -0.15) is 0 Å². The second-order valence-corrected chi connectivity index (χ2v) is 5.46. The van der Waals surface area contributed by atoms with Crippen molar-refractivity contribution >= 4 is 0 Å². The Morgan fingerprint density at radius 1 is 1.21 bits per heavy atom. The van der Waals surface area contributed by atoms with Crippen LogP contribution in [0.25, 0.3) is 0 Å². The van der Waals surface area contributed by atoms with Crippen LogP contribution in [0, 0.1) is 5.92 Å². The number of hydrogen-bond acceptors (Lipinski definition) is 2. The van der Waals surface area contributed by atoms with Crippen LogP contribution in [0.3, 0.4) is 0 Å². The number of likely N-dealkylation sites (N-methyl/N-ethyl adjacent to an activating group) is 1. The van der Waals surface area contributed by atoms with Crippen LogP contribution in [0.5, 0.6) is 0 Å². The number of hydrogen-bond donors (Lipinski definition) is 1. The van der Waals surface area contributed by atoms with Crippen LogP contribution in [-0.4, -0.2) is 36.6 Å². The number of nitrogens with zero attached hydrogens (tertiary/aromatic N) is 1. The number of nitrogens with one attached hydrogen (secondary N) is 1. The first-order valence-electron chi connectivity index (χ1n) is 5.82. The van der Waals surface area contributed by atoms with Crippen LogP contribution in [-0.2, 0) is 0 Å². The zero-order valence-corrected chi connectivity index (χ0v) is 10.9. The van der Waals surface area contributed by atoms with Gasteiger partial charge >= 0.3 is 0 Å². The third-order valence-corrected chi connectivity index (χ3v) is 2.15. The van der Waals surface area contributed by atoms with Crippen molar-refractivity contribution in [2.75, 3.05) is 26.2 Å². The minimum atomic E-state index is 0.247. The predicted octanol–water partition coefficient (Wildman–Crippen LogP) is 2.35. The molecule has 0 aromatic rings. The minimum absolute atomic E-state index is 0.247. The Labute approximate surface area is 90.1 Å². The van der Waals surface area contributed by atoms with Crippen molar-refractivity contribution < 1.29 is 0 Å². The van der Waals surface area contributed by atoms with Crippen molar-refractivity contribution in [1.82, 2.24) is 10.2 Å². The van der Waals surface area contributed by atoms with Gasteiger partial charge in [0.2, 0.25) is 0 Å². The summed E-state index contributed by atoms with van der Waals surface area (Å²) in [6.07, 6.45) is 0. The molecule has 0 aliphatic heterocycles. The molecule has 1 N–H and O–H groups in total. The Kier molecular flexibility index (Phi) is 6.38. The van der Waals surface area contributed by atoms with Crippen LogP contribution >= 0.6 is 0 Å². The second kappa shape index (κ2) is 6.41. The van der Waals surface area contributed by atoms with E-state index in [1.807, 2.05) is 0 Å². The Hall–Kier alpha value is -0.0800. The molecule has 0 spiro atoms. The van der Waals surface area contributed by atoms with Gasteiger partial charge in [-0.25, -0.2) is 0 Å². The highest BCUT2D eigenvalue weighted by atomic mass is 15.1. The minimum Gasteiger partial charge on any atom is -0.311 e. The molecule has 0 fully saturated rings. The van der Waals surface area contributed by atoms with Crippen LogP contribution < -0.4 is 5.32 Å². The molecule has 14 heavy (non-hydrogen) atoms. The third kappa shape index (κ3) is 8.52. The molecule has 0 aromatic heterocycles. The molecule has 0 bridgehead atoms. The summed E-state index contributed by atoms with van der Waals surface area (Å²) < 4.78 is 0. The smallest absolute Gasteiger partial charge is 0.0107 e. The molecule has 0 aromatic carbocycles. The van der Waals surface area contributed by atoms with E-state index in [1.165, 1.54) is 6.54 Å². The van der Waals surface area contributed by atoms with Crippen LogP contribution in [0.1, 0.15) is 41.5 Å². The van der Waals surface area contributed by atoms with Gasteiger partial charge in [-0.1, -0.05) is 20.8 Å². The lowest BCUT2D eigenvalue weighted by Gasteiger charge is -2.26. The summed E-state index contributed by atoms with van der Waals surface area (Å²) >= 11 is 0. The molecular formula is C12H28N2. The van der Waals surface area contributed by atoms with E-state index in [0.29, 0.717) is 0 Å². The molecule has 2 heteroatoms. The fourth-order valence-electron chi connectivity index (χ4n) is 1.48. The number of rotatable bonds is 6. The highest BCUT2D eigenvalue weighted by Crippen LogP contribution is 2.00. The highest BCUT2D eigenvalue weighted by molar-refractivity contribution is 4.71. The summed E-state index contributed by atoms with van der Waals surface area (Å²) in [5.74, 6) is 0.768. The molecule has 0 radical (unpaired) electrons. The highest BCUT2D eigenvalue weighted by Gasteiger charge is 2.09. The maximum absolute atomic E-state index is 3.52. The molecule has 0 atom stereocenters. The van der Waals surface area contributed by atoms with E-state index in [-0.39, 0.29) is 5.54 Å². The molecular weight excluding hydrogens is 172 g/mol. The monoisotopic (exact) mass is 200 g/mol. The van der Waals surface area contributed by atoms with E-state index in [2.05, 4.69) is 51.8 Å². The first-order chi connectivity index (χ1) is 6.35. The predicted molar refractivity (Wildman–Crippen MR) is 64.7 cm³/mol. The summed E-state index contributed by atoms with van der Waals surface area (Å²) in [5, 5.41) is 3.52. The maximum Gasteiger partial charge on any atom is 0.0107 e. The van der Waals surface area contributed by atoms with Gasteiger partial charge in [-0.05, 0) is 33.2 Å². The molecule has 0 rings (SSSR count). The lowest BCUT2D eigenvalue weighted by Crippen LogP contribution is -2.42. The van der Waals surface area contributed by atoms with E-state index in [9.17, 15) is 0 Å². The van der Waals surface area contributed by atoms with E-state index in [1.54, 1.807) is 0 Å². The Morgan fingerprint density at radius 2 is 1.79 bits per heavy atom. The van der Waals surface area contributed by atoms with Gasteiger partial charge in [0.25, 0.3) is 0 Å². The molecule has 0 amide bonds. The Bertz CT molecular complexity index is 136. The van der Waals surface area contributed by atoms with E-state index in [4.69, 9.17) is 0 Å². The molecule has 0 aliphatic rings. The fourth-order valence-corrected chi connectivity index (χ4v) is 1.48. The van der Waals surface area contributed by atoms with E-state index >= 15 is 0 Å². The lowest BCUT2D eigenvalue weighted by molar-refractivity contribution is 0.246. The Balaban J connectivity index is 3.63. The first-order valence-corrected chi connectivity index (χ1v) is 5.82. The molecule has 2 nitrogen and oxygen atoms in total. The standard InChI is InChI=1S/C12H28N2/c1-7-14(10-11(2)3)9-8-13-12(4,5)6/h11,13H,7-10H2,1-6H3. The third-order valence-electron chi connectivity index (χ3n) is 2.15. The van der Waals surface area contributed by atoms with Crippen molar-refractivity contribution in [3.05, 3.63) is 0 Å². The molecule has 0 heterocycles. The Morgan fingerprint density at radius 3 is 2.14 bits per heavy atom. The largest absolute Gasteiger partial charge is 0.311 e. The first kappa shape index (κ1) is 13.9. The molecule has 86 valence electrons. The summed E-state index contributed by atoms with van der Waals surface area (Å²) in [4.78, 5) is 2.50. The SMILES string of the molecule is CCN(CCNC(C)(C)C)CC(C)C. The normalized spacial score (nSPS) is 12.9. The molecule has 0 unspecified atom stereocenters. The molecule has 0 saturated heterocycles. The van der Waals surface area contributed by atoms with Gasteiger partial charge in [0.05, 0.1) is 0 Å². The van der Waals surface area contributed by atoms with Gasteiger partial charge in [0, 0.05) is 25.2 Å². The van der Waals surface area contributed by atoms with Crippen molar-refractivity contribution in [1.29, 1.82) is 0 Å². The summed E-state index contributed by atoms with van der Waals surface area (Å²) in [7, 11) is 0. The van der Waals surface area contributed by atoms with Crippen molar-refractivity contribution in [2.45, 2.75) is 47.1 Å². The van der Waals surface area contributed by atoms with Crippen molar-refractivity contribution in [3.63, 3.8) is 0 Å². The van der Waals surface area contributed by atoms with Gasteiger partial charge in [0.1, 0.15) is 0 Å². The summed E-state index contributed by atoms with van der Waals surface area (Å²) in [5.41, 5.74) is 0.247.